The van der Waals surface area contributed by atoms with E-state index in [-0.39, 0.29) is 23.1 Å². The van der Waals surface area contributed by atoms with Gasteiger partial charge in [-0.15, -0.1) is 0 Å². The molecule has 3 atom stereocenters. The molecule has 3 aliphatic rings. The van der Waals surface area contributed by atoms with E-state index in [0.717, 1.165) is 37.0 Å². The van der Waals surface area contributed by atoms with Gasteiger partial charge in [-0.2, -0.15) is 0 Å². The number of hydrogen-bond donors (Lipinski definition) is 2. The Morgan fingerprint density at radius 2 is 2.00 bits per heavy atom. The summed E-state index contributed by atoms with van der Waals surface area (Å²) in [5, 5.41) is 14.3. The Labute approximate surface area is 252 Å². The topological polar surface area (TPSA) is 71.5 Å². The SMILES string of the molecule is C[C@@H](COc1ccnc2c1[C@H](C)CCC2)C[C@@H]1Cc2ccc(F)cc2C12CCC(Nc1cccc(Cl)c1)(C(=O)O)CC2. The number of nitrogens with one attached hydrogen (secondary N) is 1. The Hall–Kier alpha value is -3.12. The average molecular weight is 591 g/mol. The van der Waals surface area contributed by atoms with Crippen molar-refractivity contribution < 1.29 is 19.0 Å². The van der Waals surface area contributed by atoms with Crippen LogP contribution in [-0.2, 0) is 23.1 Å². The normalized spacial score (nSPS) is 27.2. The van der Waals surface area contributed by atoms with Crippen LogP contribution in [-0.4, -0.2) is 28.2 Å². The van der Waals surface area contributed by atoms with Gasteiger partial charge >= 0.3 is 5.97 Å². The van der Waals surface area contributed by atoms with Gasteiger partial charge in [0.2, 0.25) is 0 Å². The van der Waals surface area contributed by atoms with Gasteiger partial charge in [0, 0.05) is 28.2 Å². The Morgan fingerprint density at radius 1 is 1.19 bits per heavy atom. The lowest BCUT2D eigenvalue weighted by atomic mass is 9.59. The molecule has 0 amide bonds. The number of halogens is 2. The Kier molecular flexibility index (Phi) is 7.95. The van der Waals surface area contributed by atoms with E-state index in [1.807, 2.05) is 30.5 Å². The summed E-state index contributed by atoms with van der Waals surface area (Å²) in [6, 6.07) is 14.4. The van der Waals surface area contributed by atoms with Crippen LogP contribution in [0.25, 0.3) is 0 Å². The number of ether oxygens (including phenoxy) is 1. The lowest BCUT2D eigenvalue weighted by molar-refractivity contribution is -0.144. The molecule has 1 spiro atoms. The number of hydrogen-bond acceptors (Lipinski definition) is 4. The second-order valence-corrected chi connectivity index (χ2v) is 13.4. The standard InChI is InChI=1S/C35H40ClFN2O3/c1-22(21-42-31-11-16-38-30-8-3-5-23(2)32(30)31)17-25-18-24-9-10-27(37)20-29(24)34(25)12-14-35(15-13-34,33(40)41)39-28-7-4-6-26(36)19-28/h4,6-7,9-11,16,19-20,22-23,25,39H,3,5,8,12-15,17-18,21H2,1-2H3,(H,40,41)/t22-,23-,25-,34?,35?/m1/s1. The van der Waals surface area contributed by atoms with Crippen LogP contribution in [0.1, 0.15) is 87.1 Å². The molecule has 5 nitrogen and oxygen atoms in total. The Bertz CT molecular complexity index is 1470. The highest BCUT2D eigenvalue weighted by molar-refractivity contribution is 6.30. The molecule has 1 heterocycles. The van der Waals surface area contributed by atoms with E-state index < -0.39 is 11.5 Å². The number of carboxylic acids is 1. The summed E-state index contributed by atoms with van der Waals surface area (Å²) in [5.41, 5.74) is 4.04. The highest BCUT2D eigenvalue weighted by Crippen LogP contribution is 2.56. The molecule has 1 fully saturated rings. The number of nitrogens with zero attached hydrogens (tertiary/aromatic N) is 1. The van der Waals surface area contributed by atoms with Gasteiger partial charge in [-0.3, -0.25) is 4.98 Å². The van der Waals surface area contributed by atoms with Crippen molar-refractivity contribution in [2.24, 2.45) is 11.8 Å². The molecule has 2 N–H and O–H groups in total. The molecule has 6 rings (SSSR count). The number of fused-ring (bicyclic) bond motifs is 3. The summed E-state index contributed by atoms with van der Waals surface area (Å²) in [7, 11) is 0. The van der Waals surface area contributed by atoms with Gasteiger partial charge in [-0.25, -0.2) is 9.18 Å². The van der Waals surface area contributed by atoms with E-state index in [0.29, 0.717) is 48.9 Å². The first-order chi connectivity index (χ1) is 20.2. The van der Waals surface area contributed by atoms with Crippen molar-refractivity contribution in [3.63, 3.8) is 0 Å². The van der Waals surface area contributed by atoms with E-state index in [1.165, 1.54) is 23.2 Å². The van der Waals surface area contributed by atoms with Crippen LogP contribution >= 0.6 is 11.6 Å². The summed E-state index contributed by atoms with van der Waals surface area (Å²) in [4.78, 5) is 17.3. The highest BCUT2D eigenvalue weighted by Gasteiger charge is 2.54. The van der Waals surface area contributed by atoms with Gasteiger partial charge in [0.1, 0.15) is 17.1 Å². The quantitative estimate of drug-likeness (QED) is 0.276. The zero-order valence-corrected chi connectivity index (χ0v) is 25.2. The number of rotatable bonds is 8. The third-order valence-electron chi connectivity index (χ3n) is 10.3. The first-order valence-corrected chi connectivity index (χ1v) is 15.7. The summed E-state index contributed by atoms with van der Waals surface area (Å²) >= 11 is 6.20. The van der Waals surface area contributed by atoms with Gasteiger partial charge in [0.25, 0.3) is 0 Å². The van der Waals surface area contributed by atoms with Crippen LogP contribution in [0.4, 0.5) is 10.1 Å². The minimum absolute atomic E-state index is 0.228. The van der Waals surface area contributed by atoms with E-state index in [1.54, 1.807) is 24.3 Å². The lowest BCUT2D eigenvalue weighted by Gasteiger charge is -2.47. The maximum atomic E-state index is 14.6. The second-order valence-electron chi connectivity index (χ2n) is 13.0. The summed E-state index contributed by atoms with van der Waals surface area (Å²) in [5.74, 6) is 0.895. The fourth-order valence-corrected chi connectivity index (χ4v) is 8.26. The first kappa shape index (κ1) is 29.0. The lowest BCUT2D eigenvalue weighted by Crippen LogP contribution is -2.53. The minimum atomic E-state index is -1.09. The van der Waals surface area contributed by atoms with Crippen molar-refractivity contribution in [3.8, 4) is 5.75 Å². The van der Waals surface area contributed by atoms with Crippen LogP contribution in [0.5, 0.6) is 5.75 Å². The molecular weight excluding hydrogens is 551 g/mol. The number of benzene rings is 2. The smallest absolute Gasteiger partial charge is 0.329 e. The van der Waals surface area contributed by atoms with Crippen molar-refractivity contribution in [3.05, 3.63) is 88.0 Å². The predicted molar refractivity (Wildman–Crippen MR) is 164 cm³/mol. The Morgan fingerprint density at radius 3 is 2.76 bits per heavy atom. The largest absolute Gasteiger partial charge is 0.493 e. The molecule has 2 aromatic carbocycles. The van der Waals surface area contributed by atoms with Crippen molar-refractivity contribution in [2.45, 2.75) is 88.5 Å². The third kappa shape index (κ3) is 5.39. The van der Waals surface area contributed by atoms with Gasteiger partial charge in [-0.1, -0.05) is 37.6 Å². The van der Waals surface area contributed by atoms with Crippen molar-refractivity contribution in [2.75, 3.05) is 11.9 Å². The monoisotopic (exact) mass is 590 g/mol. The van der Waals surface area contributed by atoms with E-state index in [4.69, 9.17) is 16.3 Å². The highest BCUT2D eigenvalue weighted by atomic mass is 35.5. The molecule has 0 bridgehead atoms. The van der Waals surface area contributed by atoms with Crippen LogP contribution in [0.2, 0.25) is 5.02 Å². The second kappa shape index (κ2) is 11.5. The van der Waals surface area contributed by atoms with Gasteiger partial charge in [0.05, 0.1) is 6.61 Å². The molecule has 0 unspecified atom stereocenters. The van der Waals surface area contributed by atoms with Crippen molar-refractivity contribution in [1.29, 1.82) is 0 Å². The molecule has 7 heteroatoms. The van der Waals surface area contributed by atoms with Crippen LogP contribution < -0.4 is 10.1 Å². The molecular formula is C35H40ClFN2O3. The maximum absolute atomic E-state index is 14.6. The fourth-order valence-electron chi connectivity index (χ4n) is 8.07. The first-order valence-electron chi connectivity index (χ1n) is 15.4. The average Bonchev–Trinajstić information content (AvgIpc) is 3.24. The van der Waals surface area contributed by atoms with E-state index in [9.17, 15) is 14.3 Å². The number of carbonyl (C=O) groups is 1. The molecule has 42 heavy (non-hydrogen) atoms. The number of aliphatic carboxylic acids is 1. The summed E-state index contributed by atoms with van der Waals surface area (Å²) < 4.78 is 21.1. The zero-order valence-electron chi connectivity index (χ0n) is 24.5. The number of aromatic nitrogens is 1. The van der Waals surface area contributed by atoms with Crippen LogP contribution in [0.3, 0.4) is 0 Å². The Balaban J connectivity index is 1.21. The summed E-state index contributed by atoms with van der Waals surface area (Å²) in [6.45, 7) is 5.10. The van der Waals surface area contributed by atoms with Crippen LogP contribution in [0, 0.1) is 17.7 Å². The molecule has 3 aliphatic carbocycles. The van der Waals surface area contributed by atoms with E-state index >= 15 is 0 Å². The number of pyridine rings is 1. The van der Waals surface area contributed by atoms with Gasteiger partial charge in [-0.05, 0) is 128 Å². The molecule has 1 saturated carbocycles. The molecule has 0 radical (unpaired) electrons. The number of aryl methyl sites for hydroxylation is 1. The number of anilines is 1. The zero-order chi connectivity index (χ0) is 29.5. The molecule has 222 valence electrons. The predicted octanol–water partition coefficient (Wildman–Crippen LogP) is 8.34. The third-order valence-corrected chi connectivity index (χ3v) is 10.5. The van der Waals surface area contributed by atoms with Crippen molar-refractivity contribution in [1.82, 2.24) is 4.98 Å². The molecule has 3 aromatic rings. The molecule has 0 saturated heterocycles. The van der Waals surface area contributed by atoms with Crippen LogP contribution in [0.15, 0.2) is 54.7 Å². The van der Waals surface area contributed by atoms with Gasteiger partial charge in [0.15, 0.2) is 0 Å². The maximum Gasteiger partial charge on any atom is 0.329 e. The number of carboxylic acid groups (broad SMARTS) is 1. The molecule has 0 aliphatic heterocycles. The summed E-state index contributed by atoms with van der Waals surface area (Å²) in [6.07, 6.45) is 9.27. The molecule has 1 aromatic heterocycles. The van der Waals surface area contributed by atoms with E-state index in [2.05, 4.69) is 24.1 Å². The fraction of sp³-hybridized carbons (Fsp3) is 0.486. The minimum Gasteiger partial charge on any atom is -0.493 e. The van der Waals surface area contributed by atoms with Crippen molar-refractivity contribution >= 4 is 23.3 Å². The van der Waals surface area contributed by atoms with Gasteiger partial charge < -0.3 is 15.2 Å².